The molecule has 9 heteroatoms. The van der Waals surface area contributed by atoms with E-state index >= 15 is 0 Å². The highest BCUT2D eigenvalue weighted by Gasteiger charge is 2.30. The number of carboxylic acid groups (broad SMARTS) is 1. The van der Waals surface area contributed by atoms with E-state index < -0.39 is 12.3 Å². The van der Waals surface area contributed by atoms with Crippen molar-refractivity contribution in [1.82, 2.24) is 14.8 Å². The summed E-state index contributed by atoms with van der Waals surface area (Å²) in [7, 11) is 0. The Morgan fingerprint density at radius 3 is 2.33 bits per heavy atom. The predicted octanol–water partition coefficient (Wildman–Crippen LogP) is 3.85. The van der Waals surface area contributed by atoms with Gasteiger partial charge in [0.25, 0.3) is 0 Å². The number of nitrogens with zero attached hydrogens (tertiary/aromatic N) is 3. The monoisotopic (exact) mass is 377 g/mol. The van der Waals surface area contributed by atoms with Gasteiger partial charge in [-0.05, 0) is 36.2 Å². The summed E-state index contributed by atoms with van der Waals surface area (Å²) in [5.74, 6) is -0.731. The van der Waals surface area contributed by atoms with Crippen molar-refractivity contribution in [3.05, 3.63) is 60.4 Å². The first-order chi connectivity index (χ1) is 12.8. The maximum atomic E-state index is 12.2. The van der Waals surface area contributed by atoms with Crippen molar-refractivity contribution < 1.29 is 27.8 Å². The van der Waals surface area contributed by atoms with Crippen molar-refractivity contribution in [3.8, 4) is 22.8 Å². The smallest absolute Gasteiger partial charge is 0.481 e. The zero-order chi connectivity index (χ0) is 19.4. The Labute approximate surface area is 151 Å². The number of alkyl halides is 3. The molecule has 0 saturated carbocycles. The van der Waals surface area contributed by atoms with E-state index in [9.17, 15) is 18.0 Å². The maximum Gasteiger partial charge on any atom is 0.573 e. The van der Waals surface area contributed by atoms with Gasteiger partial charge in [0.15, 0.2) is 5.82 Å². The molecule has 0 atom stereocenters. The molecular formula is C18H14F3N3O3. The van der Waals surface area contributed by atoms with Crippen LogP contribution in [0.25, 0.3) is 17.1 Å². The van der Waals surface area contributed by atoms with Crippen molar-refractivity contribution >= 4 is 5.97 Å². The van der Waals surface area contributed by atoms with Gasteiger partial charge in [-0.2, -0.15) is 0 Å². The van der Waals surface area contributed by atoms with Crippen LogP contribution >= 0.6 is 0 Å². The van der Waals surface area contributed by atoms with E-state index in [1.807, 2.05) is 12.1 Å². The highest BCUT2D eigenvalue weighted by atomic mass is 19.4. The van der Waals surface area contributed by atoms with E-state index in [4.69, 9.17) is 5.11 Å². The molecule has 0 aliphatic heterocycles. The van der Waals surface area contributed by atoms with Crippen molar-refractivity contribution in [1.29, 1.82) is 0 Å². The van der Waals surface area contributed by atoms with Gasteiger partial charge in [-0.3, -0.25) is 4.79 Å². The van der Waals surface area contributed by atoms with Crippen LogP contribution < -0.4 is 4.74 Å². The highest BCUT2D eigenvalue weighted by molar-refractivity contribution is 5.67. The van der Waals surface area contributed by atoms with Crippen LogP contribution in [0.3, 0.4) is 0 Å². The summed E-state index contributed by atoms with van der Waals surface area (Å²) in [6, 6.07) is 12.5. The van der Waals surface area contributed by atoms with Gasteiger partial charge in [-0.15, -0.1) is 18.3 Å². The molecule has 3 rings (SSSR count). The quantitative estimate of drug-likeness (QED) is 0.706. The lowest BCUT2D eigenvalue weighted by atomic mass is 10.1. The van der Waals surface area contributed by atoms with Crippen LogP contribution in [0.5, 0.6) is 5.75 Å². The number of benzene rings is 2. The number of aryl methyl sites for hydroxylation is 1. The molecule has 0 radical (unpaired) electrons. The number of aliphatic carboxylic acids is 1. The zero-order valence-electron chi connectivity index (χ0n) is 13.8. The van der Waals surface area contributed by atoms with E-state index in [1.165, 1.54) is 35.3 Å². The molecule has 0 bridgehead atoms. The fourth-order valence-corrected chi connectivity index (χ4v) is 2.39. The Balaban J connectivity index is 1.72. The van der Waals surface area contributed by atoms with Crippen molar-refractivity contribution in [2.24, 2.45) is 0 Å². The normalized spacial score (nSPS) is 11.4. The van der Waals surface area contributed by atoms with E-state index in [1.54, 1.807) is 12.1 Å². The Kier molecular flexibility index (Phi) is 5.11. The molecule has 140 valence electrons. The molecule has 0 amide bonds. The molecule has 0 aliphatic rings. The standard InChI is InChI=1S/C18H14F3N3O3/c19-18(20,21)27-15-8-6-14(7-9-15)24-11-22-17(23-24)13-4-1-12(2-5-13)3-10-16(25)26/h1-2,4-9,11H,3,10H2,(H,25,26). The third-order valence-electron chi connectivity index (χ3n) is 3.67. The second-order valence-electron chi connectivity index (χ2n) is 5.65. The molecule has 2 aromatic carbocycles. The topological polar surface area (TPSA) is 77.2 Å². The van der Waals surface area contributed by atoms with Gasteiger partial charge in [-0.1, -0.05) is 24.3 Å². The van der Waals surface area contributed by atoms with Gasteiger partial charge >= 0.3 is 12.3 Å². The fraction of sp³-hybridized carbons (Fsp3) is 0.167. The highest BCUT2D eigenvalue weighted by Crippen LogP contribution is 2.24. The third kappa shape index (κ3) is 5.06. The van der Waals surface area contributed by atoms with Gasteiger partial charge in [0.05, 0.1) is 5.69 Å². The van der Waals surface area contributed by atoms with Crippen LogP contribution in [-0.4, -0.2) is 32.2 Å². The van der Waals surface area contributed by atoms with E-state index in [2.05, 4.69) is 14.8 Å². The Hall–Kier alpha value is -3.36. The minimum absolute atomic E-state index is 0.0558. The van der Waals surface area contributed by atoms with Crippen molar-refractivity contribution in [2.75, 3.05) is 0 Å². The first kappa shape index (κ1) is 18.4. The molecule has 27 heavy (non-hydrogen) atoms. The van der Waals surface area contributed by atoms with Crippen LogP contribution in [0.4, 0.5) is 13.2 Å². The lowest BCUT2D eigenvalue weighted by Gasteiger charge is -2.09. The van der Waals surface area contributed by atoms with Gasteiger partial charge in [0, 0.05) is 12.0 Å². The Morgan fingerprint density at radius 1 is 1.07 bits per heavy atom. The first-order valence-corrected chi connectivity index (χ1v) is 7.89. The molecule has 0 saturated heterocycles. The van der Waals surface area contributed by atoms with Crippen LogP contribution in [0.15, 0.2) is 54.9 Å². The van der Waals surface area contributed by atoms with E-state index in [-0.39, 0.29) is 12.2 Å². The van der Waals surface area contributed by atoms with Crippen molar-refractivity contribution in [2.45, 2.75) is 19.2 Å². The van der Waals surface area contributed by atoms with Gasteiger partial charge in [-0.25, -0.2) is 9.67 Å². The molecular weight excluding hydrogens is 363 g/mol. The number of rotatable bonds is 6. The number of hydrogen-bond acceptors (Lipinski definition) is 4. The second kappa shape index (κ2) is 7.48. The summed E-state index contributed by atoms with van der Waals surface area (Å²) in [4.78, 5) is 14.8. The van der Waals surface area contributed by atoms with Crippen LogP contribution in [0.2, 0.25) is 0 Å². The summed E-state index contributed by atoms with van der Waals surface area (Å²) in [6.45, 7) is 0. The Bertz CT molecular complexity index is 920. The minimum Gasteiger partial charge on any atom is -0.481 e. The lowest BCUT2D eigenvalue weighted by Crippen LogP contribution is -2.17. The number of hydrogen-bond donors (Lipinski definition) is 1. The summed E-state index contributed by atoms with van der Waals surface area (Å²) < 4.78 is 41.8. The average molecular weight is 377 g/mol. The SMILES string of the molecule is O=C(O)CCc1ccc(-c2ncn(-c3ccc(OC(F)(F)F)cc3)n2)cc1. The number of ether oxygens (including phenoxy) is 1. The Morgan fingerprint density at radius 2 is 1.74 bits per heavy atom. The van der Waals surface area contributed by atoms with E-state index in [0.29, 0.717) is 17.9 Å². The van der Waals surface area contributed by atoms with Crippen molar-refractivity contribution in [3.63, 3.8) is 0 Å². The zero-order valence-corrected chi connectivity index (χ0v) is 13.8. The number of halogens is 3. The molecule has 0 fully saturated rings. The molecule has 0 spiro atoms. The number of carbonyl (C=O) groups is 1. The average Bonchev–Trinajstić information content (AvgIpc) is 3.10. The number of aromatic nitrogens is 3. The van der Waals surface area contributed by atoms with Crippen LogP contribution in [-0.2, 0) is 11.2 Å². The fourth-order valence-electron chi connectivity index (χ4n) is 2.39. The number of carboxylic acids is 1. The summed E-state index contributed by atoms with van der Waals surface area (Å²) in [6.07, 6.45) is -2.80. The van der Waals surface area contributed by atoms with Crippen LogP contribution in [0, 0.1) is 0 Å². The molecule has 1 N–H and O–H groups in total. The van der Waals surface area contributed by atoms with Crippen LogP contribution in [0.1, 0.15) is 12.0 Å². The summed E-state index contributed by atoms with van der Waals surface area (Å²) >= 11 is 0. The summed E-state index contributed by atoms with van der Waals surface area (Å²) in [5.41, 5.74) is 2.16. The first-order valence-electron chi connectivity index (χ1n) is 7.89. The molecule has 6 nitrogen and oxygen atoms in total. The molecule has 3 aromatic rings. The molecule has 1 aromatic heterocycles. The summed E-state index contributed by atoms with van der Waals surface area (Å²) in [5, 5.41) is 13.0. The van der Waals surface area contributed by atoms with Gasteiger partial charge in [0.2, 0.25) is 0 Å². The molecule has 1 heterocycles. The molecule has 0 aliphatic carbocycles. The molecule has 0 unspecified atom stereocenters. The minimum atomic E-state index is -4.74. The van der Waals surface area contributed by atoms with Gasteiger partial charge in [0.1, 0.15) is 12.1 Å². The third-order valence-corrected chi connectivity index (χ3v) is 3.67. The predicted molar refractivity (Wildman–Crippen MR) is 89.4 cm³/mol. The lowest BCUT2D eigenvalue weighted by molar-refractivity contribution is -0.274. The largest absolute Gasteiger partial charge is 0.573 e. The second-order valence-corrected chi connectivity index (χ2v) is 5.65. The van der Waals surface area contributed by atoms with Gasteiger partial charge < -0.3 is 9.84 Å². The maximum absolute atomic E-state index is 12.2. The van der Waals surface area contributed by atoms with E-state index in [0.717, 1.165) is 11.1 Å².